The predicted molar refractivity (Wildman–Crippen MR) is 121 cm³/mol. The zero-order chi connectivity index (χ0) is 22.5. The van der Waals surface area contributed by atoms with E-state index in [2.05, 4.69) is 10.5 Å². The van der Waals surface area contributed by atoms with Gasteiger partial charge in [-0.25, -0.2) is 10.2 Å². The molecule has 0 aliphatic heterocycles. The average Bonchev–Trinajstić information content (AvgIpc) is 3.31. The molecule has 0 aliphatic carbocycles. The molecule has 7 nitrogen and oxygen atoms in total. The number of nitrogens with one attached hydrogen (secondary N) is 1. The lowest BCUT2D eigenvalue weighted by molar-refractivity contribution is 0.0601. The molecule has 0 saturated heterocycles. The van der Waals surface area contributed by atoms with E-state index < -0.39 is 11.9 Å². The van der Waals surface area contributed by atoms with Gasteiger partial charge in [-0.3, -0.25) is 4.79 Å². The summed E-state index contributed by atoms with van der Waals surface area (Å²) in [5, 5.41) is 5.88. The first-order valence-electron chi connectivity index (χ1n) is 9.78. The number of carbonyl (C=O) groups is 2. The Labute approximate surface area is 184 Å². The predicted octanol–water partition coefficient (Wildman–Crippen LogP) is 4.66. The van der Waals surface area contributed by atoms with Crippen LogP contribution in [0.25, 0.3) is 22.1 Å². The number of hydrogen-bond donors (Lipinski definition) is 1. The van der Waals surface area contributed by atoms with E-state index in [1.165, 1.54) is 20.4 Å². The molecule has 0 radical (unpaired) electrons. The van der Waals surface area contributed by atoms with Gasteiger partial charge >= 0.3 is 5.97 Å². The monoisotopic (exact) mass is 428 g/mol. The van der Waals surface area contributed by atoms with Gasteiger partial charge in [0, 0.05) is 5.56 Å². The van der Waals surface area contributed by atoms with Crippen molar-refractivity contribution in [3.05, 3.63) is 89.7 Å². The molecule has 0 atom stereocenters. The average molecular weight is 428 g/mol. The van der Waals surface area contributed by atoms with E-state index in [4.69, 9.17) is 13.9 Å². The van der Waals surface area contributed by atoms with E-state index in [-0.39, 0.29) is 0 Å². The van der Waals surface area contributed by atoms with Crippen molar-refractivity contribution >= 4 is 28.9 Å². The van der Waals surface area contributed by atoms with Crippen LogP contribution in [0, 0.1) is 0 Å². The van der Waals surface area contributed by atoms with Crippen LogP contribution >= 0.6 is 0 Å². The minimum absolute atomic E-state index is 0.371. The number of esters is 1. The van der Waals surface area contributed by atoms with E-state index in [1.54, 1.807) is 42.5 Å². The lowest BCUT2D eigenvalue weighted by atomic mass is 10.1. The van der Waals surface area contributed by atoms with E-state index in [1.807, 2.05) is 30.3 Å². The number of fused-ring (bicyclic) bond motifs is 1. The first-order chi connectivity index (χ1) is 15.6. The van der Waals surface area contributed by atoms with Crippen LogP contribution in [0.4, 0.5) is 0 Å². The summed E-state index contributed by atoms with van der Waals surface area (Å²) in [4.78, 5) is 24.6. The van der Waals surface area contributed by atoms with E-state index >= 15 is 0 Å². The molecule has 0 saturated carbocycles. The summed E-state index contributed by atoms with van der Waals surface area (Å²) >= 11 is 0. The van der Waals surface area contributed by atoms with Crippen molar-refractivity contribution in [2.45, 2.75) is 0 Å². The summed E-state index contributed by atoms with van der Waals surface area (Å²) in [6.45, 7) is 0. The Bertz CT molecular complexity index is 1320. The molecule has 160 valence electrons. The third-order valence-electron chi connectivity index (χ3n) is 4.89. The maximum atomic E-state index is 12.7. The molecule has 0 spiro atoms. The molecular weight excluding hydrogens is 408 g/mol. The fraction of sp³-hybridized carbons (Fsp3) is 0.0800. The third kappa shape index (κ3) is 4.22. The summed E-state index contributed by atoms with van der Waals surface area (Å²) in [5.41, 5.74) is 3.86. The molecule has 1 N–H and O–H groups in total. The van der Waals surface area contributed by atoms with Gasteiger partial charge in [-0.1, -0.05) is 42.5 Å². The first kappa shape index (κ1) is 20.9. The number of hydrazone groups is 1. The Hall–Kier alpha value is -4.39. The summed E-state index contributed by atoms with van der Waals surface area (Å²) in [6, 6.07) is 21.7. The van der Waals surface area contributed by atoms with Crippen molar-refractivity contribution in [3.63, 3.8) is 0 Å². The summed E-state index contributed by atoms with van der Waals surface area (Å²) in [6.07, 6.45) is 1.38. The largest absolute Gasteiger partial charge is 0.496 e. The Morgan fingerprint density at radius 2 is 1.62 bits per heavy atom. The number of rotatable bonds is 6. The van der Waals surface area contributed by atoms with Gasteiger partial charge in [0.2, 0.25) is 0 Å². The first-order valence-corrected chi connectivity index (χ1v) is 9.78. The summed E-state index contributed by atoms with van der Waals surface area (Å²) in [5.74, 6) is 0.479. The fourth-order valence-corrected chi connectivity index (χ4v) is 3.33. The highest BCUT2D eigenvalue weighted by Crippen LogP contribution is 2.27. The van der Waals surface area contributed by atoms with Crippen molar-refractivity contribution in [1.29, 1.82) is 0 Å². The molecule has 1 amide bonds. The highest BCUT2D eigenvalue weighted by molar-refractivity contribution is 6.02. The second-order valence-corrected chi connectivity index (χ2v) is 6.84. The van der Waals surface area contributed by atoms with Gasteiger partial charge in [-0.05, 0) is 41.1 Å². The number of hydrogen-bond acceptors (Lipinski definition) is 6. The summed E-state index contributed by atoms with van der Waals surface area (Å²) < 4.78 is 15.9. The van der Waals surface area contributed by atoms with Gasteiger partial charge in [-0.2, -0.15) is 5.10 Å². The fourth-order valence-electron chi connectivity index (χ4n) is 3.33. The lowest BCUT2D eigenvalue weighted by Crippen LogP contribution is -2.18. The minimum atomic E-state index is -0.455. The van der Waals surface area contributed by atoms with Crippen LogP contribution in [-0.2, 0) is 4.74 Å². The smallest absolute Gasteiger partial charge is 0.338 e. The Balaban J connectivity index is 1.52. The maximum Gasteiger partial charge on any atom is 0.338 e. The molecule has 1 heterocycles. The van der Waals surface area contributed by atoms with Crippen molar-refractivity contribution in [2.75, 3.05) is 14.2 Å². The van der Waals surface area contributed by atoms with E-state index in [0.29, 0.717) is 34.0 Å². The number of benzene rings is 3. The quantitative estimate of drug-likeness (QED) is 0.274. The van der Waals surface area contributed by atoms with Crippen LogP contribution in [-0.4, -0.2) is 32.3 Å². The van der Waals surface area contributed by atoms with Gasteiger partial charge in [0.05, 0.1) is 31.6 Å². The lowest BCUT2D eigenvalue weighted by Gasteiger charge is -2.09. The van der Waals surface area contributed by atoms with Crippen molar-refractivity contribution in [2.24, 2.45) is 5.10 Å². The number of nitrogens with zero attached hydrogens (tertiary/aromatic N) is 1. The Kier molecular flexibility index (Phi) is 5.98. The molecule has 3 aromatic carbocycles. The van der Waals surface area contributed by atoms with Gasteiger partial charge in [-0.15, -0.1) is 0 Å². The highest BCUT2D eigenvalue weighted by atomic mass is 16.5. The number of carbonyl (C=O) groups excluding carboxylic acids is 2. The molecule has 4 aromatic rings. The molecular formula is C25H20N2O5. The zero-order valence-electron chi connectivity index (χ0n) is 17.5. The molecule has 0 fully saturated rings. The topological polar surface area (TPSA) is 90.1 Å². The van der Waals surface area contributed by atoms with E-state index in [9.17, 15) is 9.59 Å². The number of methoxy groups -OCH3 is 2. The van der Waals surface area contributed by atoms with Crippen LogP contribution in [0.15, 0.2) is 82.3 Å². The highest BCUT2D eigenvalue weighted by Gasteiger charge is 2.16. The molecule has 1 aromatic heterocycles. The zero-order valence-corrected chi connectivity index (χ0v) is 17.5. The SMILES string of the molecule is COC(=O)c1ccccc1-c1ccc(/C=N\NC(=O)c2cc3ccccc3cc2OC)o1. The van der Waals surface area contributed by atoms with Gasteiger partial charge < -0.3 is 13.9 Å². The van der Waals surface area contributed by atoms with Crippen LogP contribution in [0.2, 0.25) is 0 Å². The number of furan rings is 1. The van der Waals surface area contributed by atoms with Crippen molar-refractivity contribution in [3.8, 4) is 17.1 Å². The number of amides is 1. The second kappa shape index (κ2) is 9.18. The molecule has 0 unspecified atom stereocenters. The van der Waals surface area contributed by atoms with Gasteiger partial charge in [0.25, 0.3) is 5.91 Å². The van der Waals surface area contributed by atoms with Gasteiger partial charge in [0.15, 0.2) is 0 Å². The standard InChI is InChI=1S/C25H20N2O5/c1-30-23-14-17-8-4-3-7-16(17)13-21(23)24(28)27-26-15-18-11-12-22(32-18)19-9-5-6-10-20(19)25(29)31-2/h3-15H,1-2H3,(H,27,28)/b26-15-. The van der Waals surface area contributed by atoms with Crippen LogP contribution in [0.5, 0.6) is 5.75 Å². The van der Waals surface area contributed by atoms with Crippen LogP contribution in [0.3, 0.4) is 0 Å². The third-order valence-corrected chi connectivity index (χ3v) is 4.89. The molecule has 32 heavy (non-hydrogen) atoms. The summed E-state index contributed by atoms with van der Waals surface area (Å²) in [7, 11) is 2.84. The van der Waals surface area contributed by atoms with Crippen LogP contribution < -0.4 is 10.2 Å². The minimum Gasteiger partial charge on any atom is -0.496 e. The Morgan fingerprint density at radius 3 is 2.38 bits per heavy atom. The molecule has 0 bridgehead atoms. The molecule has 0 aliphatic rings. The normalized spacial score (nSPS) is 10.9. The van der Waals surface area contributed by atoms with Crippen LogP contribution in [0.1, 0.15) is 26.5 Å². The molecule has 4 rings (SSSR count). The van der Waals surface area contributed by atoms with E-state index in [0.717, 1.165) is 10.8 Å². The van der Waals surface area contributed by atoms with Crippen molar-refractivity contribution < 1.29 is 23.5 Å². The maximum absolute atomic E-state index is 12.7. The number of ether oxygens (including phenoxy) is 2. The molecule has 7 heteroatoms. The van der Waals surface area contributed by atoms with Crippen molar-refractivity contribution in [1.82, 2.24) is 5.43 Å². The van der Waals surface area contributed by atoms with Gasteiger partial charge in [0.1, 0.15) is 17.3 Å². The second-order valence-electron chi connectivity index (χ2n) is 6.84. The Morgan fingerprint density at radius 1 is 0.906 bits per heavy atom.